The van der Waals surface area contributed by atoms with E-state index >= 15 is 0 Å². The molecule has 0 aliphatic carbocycles. The zero-order valence-electron chi connectivity index (χ0n) is 12.9. The highest BCUT2D eigenvalue weighted by molar-refractivity contribution is 9.11. The highest BCUT2D eigenvalue weighted by atomic mass is 79.9. The summed E-state index contributed by atoms with van der Waals surface area (Å²) in [7, 11) is -7.68. The first-order chi connectivity index (χ1) is 11.5. The number of benzene rings is 2. The summed E-state index contributed by atoms with van der Waals surface area (Å²) >= 11 is 6.44. The van der Waals surface area contributed by atoms with Crippen LogP contribution in [0.25, 0.3) is 0 Å². The predicted octanol–water partition coefficient (Wildman–Crippen LogP) is 3.27. The van der Waals surface area contributed by atoms with Gasteiger partial charge in [-0.15, -0.1) is 0 Å². The Kier molecular flexibility index (Phi) is 6.31. The fraction of sp³-hybridized carbons (Fsp3) is 0.200. The van der Waals surface area contributed by atoms with E-state index in [1.54, 1.807) is 12.1 Å². The summed E-state index contributed by atoms with van der Waals surface area (Å²) in [5.41, 5.74) is 0.382. The van der Waals surface area contributed by atoms with E-state index in [1.165, 1.54) is 24.3 Å². The fourth-order valence-electron chi connectivity index (χ4n) is 2.07. The van der Waals surface area contributed by atoms with Crippen molar-refractivity contribution in [3.05, 3.63) is 50.9 Å². The van der Waals surface area contributed by atoms with E-state index in [0.717, 1.165) is 6.26 Å². The average Bonchev–Trinajstić information content (AvgIpc) is 2.51. The maximum atomic E-state index is 12.4. The molecule has 2 aromatic carbocycles. The van der Waals surface area contributed by atoms with Crippen molar-refractivity contribution in [3.8, 4) is 5.75 Å². The van der Waals surface area contributed by atoms with Crippen LogP contribution in [0.2, 0.25) is 0 Å². The van der Waals surface area contributed by atoms with Crippen molar-refractivity contribution in [2.75, 3.05) is 12.2 Å². The van der Waals surface area contributed by atoms with E-state index in [4.69, 9.17) is 4.74 Å². The largest absolute Gasteiger partial charge is 0.506 e. The summed E-state index contributed by atoms with van der Waals surface area (Å²) in [6, 6.07) is 8.59. The Balaban J connectivity index is 2.22. The van der Waals surface area contributed by atoms with Gasteiger partial charge in [-0.25, -0.2) is 16.8 Å². The molecule has 6 nitrogen and oxygen atoms in total. The van der Waals surface area contributed by atoms with Crippen LogP contribution in [-0.4, -0.2) is 34.1 Å². The molecule has 2 rings (SSSR count). The zero-order chi connectivity index (χ0) is 18.8. The zero-order valence-corrected chi connectivity index (χ0v) is 17.7. The maximum absolute atomic E-state index is 12.4. The second kappa shape index (κ2) is 7.75. The lowest BCUT2D eigenvalue weighted by atomic mass is 10.2. The van der Waals surface area contributed by atoms with Gasteiger partial charge in [0.15, 0.2) is 15.8 Å². The second-order valence-corrected chi connectivity index (χ2v) is 10.9. The van der Waals surface area contributed by atoms with Gasteiger partial charge in [0.25, 0.3) is 0 Å². The molecule has 10 heteroatoms. The lowest BCUT2D eigenvalue weighted by molar-refractivity contribution is 0.160. The molecule has 0 saturated carbocycles. The first kappa shape index (κ1) is 20.4. The molecule has 0 aliphatic heterocycles. The molecule has 0 amide bonds. The lowest BCUT2D eigenvalue weighted by Crippen LogP contribution is -2.14. The van der Waals surface area contributed by atoms with Gasteiger partial charge in [0.2, 0.25) is 9.84 Å². The van der Waals surface area contributed by atoms with Crippen molar-refractivity contribution in [2.24, 2.45) is 0 Å². The van der Waals surface area contributed by atoms with Crippen molar-refractivity contribution in [1.82, 2.24) is 0 Å². The molecule has 0 saturated heterocycles. The molecule has 0 aromatic heterocycles. The monoisotopic (exact) mass is 512 g/mol. The molecule has 1 N–H and O–H groups in total. The van der Waals surface area contributed by atoms with Crippen molar-refractivity contribution < 1.29 is 26.7 Å². The normalized spacial score (nSPS) is 12.3. The second-order valence-electron chi connectivity index (χ2n) is 5.20. The summed E-state index contributed by atoms with van der Waals surface area (Å²) in [6.07, 6.45) is 0.944. The van der Waals surface area contributed by atoms with Gasteiger partial charge in [-0.1, -0.05) is 28.1 Å². The fourth-order valence-corrected chi connectivity index (χ4v) is 6.07. The van der Waals surface area contributed by atoms with E-state index in [-0.39, 0.29) is 22.1 Å². The summed E-state index contributed by atoms with van der Waals surface area (Å²) in [5.74, 6) is -0.777. The molecule has 0 radical (unpaired) electrons. The van der Waals surface area contributed by atoms with Gasteiger partial charge in [-0.3, -0.25) is 0 Å². The summed E-state index contributed by atoms with van der Waals surface area (Å²) in [4.78, 5) is -0.580. The number of phenols is 1. The molecule has 25 heavy (non-hydrogen) atoms. The molecular formula is C15H14Br2O6S2. The average molecular weight is 514 g/mol. The molecular weight excluding hydrogens is 500 g/mol. The molecule has 0 aliphatic rings. The number of ether oxygens (including phenoxy) is 1. The Labute approximate surface area is 162 Å². The Morgan fingerprint density at radius 2 is 1.64 bits per heavy atom. The van der Waals surface area contributed by atoms with Crippen LogP contribution in [0, 0.1) is 0 Å². The van der Waals surface area contributed by atoms with Gasteiger partial charge in [0.1, 0.15) is 5.75 Å². The SMILES string of the molecule is CS(=O)(=O)c1ccccc1S(=O)(=O)COCc1cc(Br)cc(Br)c1O. The molecule has 0 atom stereocenters. The minimum absolute atomic E-state index is 0.0582. The number of rotatable bonds is 6. The van der Waals surface area contributed by atoms with Gasteiger partial charge in [0.05, 0.1) is 20.9 Å². The third kappa shape index (κ3) is 5.04. The Morgan fingerprint density at radius 1 is 1.04 bits per heavy atom. The lowest BCUT2D eigenvalue weighted by Gasteiger charge is -2.11. The van der Waals surface area contributed by atoms with Crippen molar-refractivity contribution in [1.29, 1.82) is 0 Å². The number of aromatic hydroxyl groups is 1. The van der Waals surface area contributed by atoms with Crippen molar-refractivity contribution in [3.63, 3.8) is 0 Å². The topological polar surface area (TPSA) is 97.7 Å². The quantitative estimate of drug-likeness (QED) is 0.636. The van der Waals surface area contributed by atoms with Crippen LogP contribution in [0.4, 0.5) is 0 Å². The minimum atomic E-state index is -3.98. The number of halogens is 2. The Hall–Kier alpha value is -0.940. The van der Waals surface area contributed by atoms with Crippen LogP contribution >= 0.6 is 31.9 Å². The molecule has 0 heterocycles. The highest BCUT2D eigenvalue weighted by Gasteiger charge is 2.24. The number of phenolic OH excluding ortho intramolecular Hbond substituents is 1. The maximum Gasteiger partial charge on any atom is 0.203 e. The smallest absolute Gasteiger partial charge is 0.203 e. The first-order valence-electron chi connectivity index (χ1n) is 6.79. The Bertz CT molecular complexity index is 1000. The van der Waals surface area contributed by atoms with Gasteiger partial charge in [-0.2, -0.15) is 0 Å². The molecule has 2 aromatic rings. The molecule has 0 bridgehead atoms. The molecule has 0 spiro atoms. The predicted molar refractivity (Wildman–Crippen MR) is 99.9 cm³/mol. The van der Waals surface area contributed by atoms with Gasteiger partial charge in [-0.05, 0) is 40.2 Å². The third-order valence-electron chi connectivity index (χ3n) is 3.19. The highest BCUT2D eigenvalue weighted by Crippen LogP contribution is 2.32. The van der Waals surface area contributed by atoms with Crippen LogP contribution in [-0.2, 0) is 31.0 Å². The molecule has 0 unspecified atom stereocenters. The Morgan fingerprint density at radius 3 is 2.24 bits per heavy atom. The number of hydrogen-bond acceptors (Lipinski definition) is 6. The van der Waals surface area contributed by atoms with E-state index in [1.807, 2.05) is 0 Å². The summed E-state index contributed by atoms with van der Waals surface area (Å²) in [6.45, 7) is -0.163. The number of sulfone groups is 2. The van der Waals surface area contributed by atoms with Gasteiger partial charge in [0, 0.05) is 16.3 Å². The standard InChI is InChI=1S/C15H14Br2O6S2/c1-24(19,20)13-4-2-3-5-14(13)25(21,22)9-23-8-10-6-11(16)7-12(17)15(10)18/h2-7,18H,8-9H2,1H3. The van der Waals surface area contributed by atoms with Gasteiger partial charge >= 0.3 is 0 Å². The first-order valence-corrected chi connectivity index (χ1v) is 11.9. The summed E-state index contributed by atoms with van der Waals surface area (Å²) < 4.78 is 54.7. The summed E-state index contributed by atoms with van der Waals surface area (Å²) in [5, 5.41) is 9.94. The van der Waals surface area contributed by atoms with E-state index < -0.39 is 25.6 Å². The van der Waals surface area contributed by atoms with Crippen LogP contribution in [0.3, 0.4) is 0 Å². The third-order valence-corrected chi connectivity index (χ3v) is 7.04. The van der Waals surface area contributed by atoms with E-state index in [0.29, 0.717) is 14.5 Å². The van der Waals surface area contributed by atoms with Crippen LogP contribution in [0.15, 0.2) is 55.1 Å². The van der Waals surface area contributed by atoms with Crippen LogP contribution in [0.1, 0.15) is 5.56 Å². The van der Waals surface area contributed by atoms with E-state index in [9.17, 15) is 21.9 Å². The van der Waals surface area contributed by atoms with Crippen molar-refractivity contribution in [2.45, 2.75) is 16.4 Å². The number of hydrogen-bond donors (Lipinski definition) is 1. The van der Waals surface area contributed by atoms with E-state index in [2.05, 4.69) is 31.9 Å². The van der Waals surface area contributed by atoms with Crippen LogP contribution < -0.4 is 0 Å². The minimum Gasteiger partial charge on any atom is -0.506 e. The van der Waals surface area contributed by atoms with Gasteiger partial charge < -0.3 is 9.84 Å². The van der Waals surface area contributed by atoms with Crippen LogP contribution in [0.5, 0.6) is 5.75 Å². The van der Waals surface area contributed by atoms with Crippen molar-refractivity contribution >= 4 is 51.5 Å². The molecule has 136 valence electrons. The molecule has 0 fully saturated rings.